The molecule has 0 spiro atoms. The van der Waals surface area contributed by atoms with Crippen LogP contribution in [0.3, 0.4) is 0 Å². The second kappa shape index (κ2) is 5.53. The number of aromatic nitrogens is 2. The molecule has 1 heterocycles. The number of halogens is 1. The summed E-state index contributed by atoms with van der Waals surface area (Å²) in [6, 6.07) is 5.01. The quantitative estimate of drug-likeness (QED) is 0.661. The maximum absolute atomic E-state index is 11.3. The predicted octanol–water partition coefficient (Wildman–Crippen LogP) is 2.24. The molecule has 98 valence electrons. The molecule has 0 aliphatic rings. The predicted molar refractivity (Wildman–Crippen MR) is 72.5 cm³/mol. The van der Waals surface area contributed by atoms with Crippen molar-refractivity contribution in [2.45, 2.75) is 0 Å². The molecule has 0 atom stereocenters. The van der Waals surface area contributed by atoms with Gasteiger partial charge >= 0.3 is 5.97 Å². The van der Waals surface area contributed by atoms with Gasteiger partial charge in [0.05, 0.1) is 30.2 Å². The number of esters is 1. The average Bonchev–Trinajstić information content (AvgIpc) is 2.42. The molecule has 3 N–H and O–H groups in total. The zero-order valence-electron chi connectivity index (χ0n) is 10.1. The largest absolute Gasteiger partial charge is 0.464 e. The molecule has 1 aromatic carbocycles. The second-order valence-corrected chi connectivity index (χ2v) is 4.05. The van der Waals surface area contributed by atoms with E-state index in [4.69, 9.17) is 17.3 Å². The number of carbonyl (C=O) groups is 1. The molecule has 0 aliphatic heterocycles. The standard InChI is InChI=1S/C12H11ClN4O2/c1-19-12(18)10-5-15-6-11(17-10)16-9-4-7(14)2-3-8(9)13/h2-6H,14H2,1H3,(H,16,17). The van der Waals surface area contributed by atoms with E-state index in [-0.39, 0.29) is 5.69 Å². The lowest BCUT2D eigenvalue weighted by Gasteiger charge is -2.08. The fourth-order valence-electron chi connectivity index (χ4n) is 1.41. The van der Waals surface area contributed by atoms with Crippen molar-refractivity contribution in [3.8, 4) is 0 Å². The molecule has 0 unspecified atom stereocenters. The smallest absolute Gasteiger partial charge is 0.358 e. The number of carbonyl (C=O) groups excluding carboxylic acids is 1. The number of nitrogens with two attached hydrogens (primary N) is 1. The number of methoxy groups -OCH3 is 1. The molecule has 0 saturated heterocycles. The van der Waals surface area contributed by atoms with E-state index in [0.717, 1.165) is 0 Å². The molecular weight excluding hydrogens is 268 g/mol. The summed E-state index contributed by atoms with van der Waals surface area (Å²) in [7, 11) is 1.28. The summed E-state index contributed by atoms with van der Waals surface area (Å²) in [5, 5.41) is 3.42. The summed E-state index contributed by atoms with van der Waals surface area (Å²) in [6.45, 7) is 0. The third kappa shape index (κ3) is 3.11. The van der Waals surface area contributed by atoms with Crippen molar-refractivity contribution in [1.82, 2.24) is 9.97 Å². The number of rotatable bonds is 3. The molecule has 0 radical (unpaired) electrons. The van der Waals surface area contributed by atoms with Crippen LogP contribution in [0, 0.1) is 0 Å². The van der Waals surface area contributed by atoms with Gasteiger partial charge in [0.2, 0.25) is 0 Å². The van der Waals surface area contributed by atoms with E-state index in [0.29, 0.717) is 22.2 Å². The van der Waals surface area contributed by atoms with Gasteiger partial charge in [-0.15, -0.1) is 0 Å². The van der Waals surface area contributed by atoms with Gasteiger partial charge in [0.15, 0.2) is 5.69 Å². The molecule has 0 saturated carbocycles. The van der Waals surface area contributed by atoms with E-state index in [1.54, 1.807) is 18.2 Å². The van der Waals surface area contributed by atoms with Crippen LogP contribution < -0.4 is 11.1 Å². The van der Waals surface area contributed by atoms with E-state index in [1.807, 2.05) is 0 Å². The Morgan fingerprint density at radius 1 is 1.42 bits per heavy atom. The number of benzene rings is 1. The van der Waals surface area contributed by atoms with E-state index >= 15 is 0 Å². The molecule has 0 amide bonds. The van der Waals surface area contributed by atoms with Crippen LogP contribution in [-0.4, -0.2) is 23.0 Å². The summed E-state index contributed by atoms with van der Waals surface area (Å²) in [6.07, 6.45) is 2.78. The minimum absolute atomic E-state index is 0.104. The minimum atomic E-state index is -0.560. The number of nitrogens with one attached hydrogen (secondary N) is 1. The van der Waals surface area contributed by atoms with Gasteiger partial charge in [0.25, 0.3) is 0 Å². The molecule has 2 rings (SSSR count). The topological polar surface area (TPSA) is 90.1 Å². The summed E-state index contributed by atoms with van der Waals surface area (Å²) in [4.78, 5) is 19.3. The van der Waals surface area contributed by atoms with Gasteiger partial charge in [-0.3, -0.25) is 4.98 Å². The molecule has 6 nitrogen and oxygen atoms in total. The summed E-state index contributed by atoms with van der Waals surface area (Å²) in [5.41, 5.74) is 6.92. The van der Waals surface area contributed by atoms with Gasteiger partial charge in [0, 0.05) is 5.69 Å². The van der Waals surface area contributed by atoms with Crippen LogP contribution in [0.5, 0.6) is 0 Å². The highest BCUT2D eigenvalue weighted by atomic mass is 35.5. The van der Waals surface area contributed by atoms with Crippen molar-refractivity contribution < 1.29 is 9.53 Å². The van der Waals surface area contributed by atoms with E-state index in [9.17, 15) is 4.79 Å². The van der Waals surface area contributed by atoms with Crippen LogP contribution in [0.4, 0.5) is 17.2 Å². The first-order chi connectivity index (χ1) is 9.10. The minimum Gasteiger partial charge on any atom is -0.464 e. The Bertz CT molecular complexity index is 618. The zero-order chi connectivity index (χ0) is 13.8. The van der Waals surface area contributed by atoms with Gasteiger partial charge < -0.3 is 15.8 Å². The molecular formula is C12H11ClN4O2. The van der Waals surface area contributed by atoms with Gasteiger partial charge in [0.1, 0.15) is 5.82 Å². The van der Waals surface area contributed by atoms with Crippen molar-refractivity contribution >= 4 is 34.8 Å². The van der Waals surface area contributed by atoms with E-state index in [2.05, 4.69) is 20.0 Å². The third-order valence-corrected chi connectivity index (χ3v) is 2.61. The number of nitrogens with zero attached hydrogens (tertiary/aromatic N) is 2. The van der Waals surface area contributed by atoms with Crippen molar-refractivity contribution in [2.24, 2.45) is 0 Å². The Hall–Kier alpha value is -2.34. The fraction of sp³-hybridized carbons (Fsp3) is 0.0833. The number of ether oxygens (including phenoxy) is 1. The first-order valence-corrected chi connectivity index (χ1v) is 5.70. The monoisotopic (exact) mass is 278 g/mol. The normalized spacial score (nSPS) is 10.0. The highest BCUT2D eigenvalue weighted by Crippen LogP contribution is 2.26. The third-order valence-electron chi connectivity index (χ3n) is 2.28. The molecule has 2 aromatic rings. The van der Waals surface area contributed by atoms with Crippen molar-refractivity contribution in [3.05, 3.63) is 41.3 Å². The van der Waals surface area contributed by atoms with Crippen molar-refractivity contribution in [2.75, 3.05) is 18.2 Å². The Morgan fingerprint density at radius 2 is 2.21 bits per heavy atom. The number of hydrogen-bond donors (Lipinski definition) is 2. The Balaban J connectivity index is 2.28. The molecule has 0 aliphatic carbocycles. The number of anilines is 3. The Labute approximate surface area is 114 Å². The van der Waals surface area contributed by atoms with Crippen LogP contribution in [0.2, 0.25) is 5.02 Å². The van der Waals surface area contributed by atoms with Crippen molar-refractivity contribution in [1.29, 1.82) is 0 Å². The molecule has 7 heteroatoms. The first kappa shape index (κ1) is 13.1. The molecule has 19 heavy (non-hydrogen) atoms. The van der Waals surface area contributed by atoms with E-state index in [1.165, 1.54) is 19.5 Å². The van der Waals surface area contributed by atoms with Crippen LogP contribution in [0.15, 0.2) is 30.6 Å². The van der Waals surface area contributed by atoms with Crippen LogP contribution in [0.1, 0.15) is 10.5 Å². The Kier molecular flexibility index (Phi) is 3.82. The first-order valence-electron chi connectivity index (χ1n) is 5.32. The van der Waals surface area contributed by atoms with Crippen molar-refractivity contribution in [3.63, 3.8) is 0 Å². The van der Waals surface area contributed by atoms with E-state index < -0.39 is 5.97 Å². The van der Waals surface area contributed by atoms with Gasteiger partial charge in [-0.25, -0.2) is 9.78 Å². The average molecular weight is 279 g/mol. The lowest BCUT2D eigenvalue weighted by atomic mass is 10.3. The number of hydrogen-bond acceptors (Lipinski definition) is 6. The second-order valence-electron chi connectivity index (χ2n) is 3.65. The van der Waals surface area contributed by atoms with Gasteiger partial charge in [-0.05, 0) is 18.2 Å². The highest BCUT2D eigenvalue weighted by molar-refractivity contribution is 6.33. The summed E-state index contributed by atoms with van der Waals surface area (Å²) >= 11 is 6.02. The SMILES string of the molecule is COC(=O)c1cncc(Nc2cc(N)ccc2Cl)n1. The summed E-state index contributed by atoms with van der Waals surface area (Å²) < 4.78 is 4.57. The van der Waals surface area contributed by atoms with Crippen LogP contribution in [0.25, 0.3) is 0 Å². The summed E-state index contributed by atoms with van der Waals surface area (Å²) in [5.74, 6) is -0.190. The molecule has 0 fully saturated rings. The maximum Gasteiger partial charge on any atom is 0.358 e. The van der Waals surface area contributed by atoms with Gasteiger partial charge in [-0.2, -0.15) is 0 Å². The molecule has 1 aromatic heterocycles. The van der Waals surface area contributed by atoms with Crippen LogP contribution >= 0.6 is 11.6 Å². The molecule has 0 bridgehead atoms. The lowest BCUT2D eigenvalue weighted by Crippen LogP contribution is -2.07. The lowest BCUT2D eigenvalue weighted by molar-refractivity contribution is 0.0593. The number of nitrogen functional groups attached to an aromatic ring is 1. The van der Waals surface area contributed by atoms with Crippen LogP contribution in [-0.2, 0) is 4.74 Å². The van der Waals surface area contributed by atoms with Gasteiger partial charge in [-0.1, -0.05) is 11.6 Å². The highest BCUT2D eigenvalue weighted by Gasteiger charge is 2.09. The fourth-order valence-corrected chi connectivity index (χ4v) is 1.57. The zero-order valence-corrected chi connectivity index (χ0v) is 10.8. The Morgan fingerprint density at radius 3 is 2.95 bits per heavy atom. The maximum atomic E-state index is 11.3.